The Morgan fingerprint density at radius 3 is 0.907 bits per heavy atom. The van der Waals surface area contributed by atoms with Crippen molar-refractivity contribution in [1.82, 2.24) is 39.9 Å². The standard InChI is InChI=1S/C32H21N11/c1-3-19-5-11-23(38-29(19)33-17-1)35-25-13-7-21-9-15-27(42-31(21)40-25)37-28-16-10-22-8-14-26(41-32(22)43-28)36-24-12-6-20-4-2-18-34-30(20)39-24/h1-18H,(H3,33,34,35,36,37,38,39,40,41,42,43). The van der Waals surface area contributed by atoms with Crippen LogP contribution in [0, 0.1) is 0 Å². The molecule has 0 fully saturated rings. The van der Waals surface area contributed by atoms with E-state index in [1.54, 1.807) is 12.4 Å². The molecule has 0 aromatic carbocycles. The van der Waals surface area contributed by atoms with Gasteiger partial charge in [-0.1, -0.05) is 0 Å². The molecule has 0 bridgehead atoms. The van der Waals surface area contributed by atoms with Gasteiger partial charge in [0.2, 0.25) is 0 Å². The average Bonchev–Trinajstić information content (AvgIpc) is 3.04. The fourth-order valence-electron chi connectivity index (χ4n) is 4.72. The molecule has 0 amide bonds. The van der Waals surface area contributed by atoms with E-state index in [0.717, 1.165) is 21.5 Å². The fraction of sp³-hybridized carbons (Fsp3) is 0. The van der Waals surface area contributed by atoms with E-state index in [1.165, 1.54) is 0 Å². The summed E-state index contributed by atoms with van der Waals surface area (Å²) in [5.41, 5.74) is 2.50. The largest absolute Gasteiger partial charge is 0.325 e. The Balaban J connectivity index is 1.03. The maximum atomic E-state index is 4.72. The average molecular weight is 560 g/mol. The maximum absolute atomic E-state index is 4.72. The molecule has 0 aliphatic heterocycles. The molecule has 8 rings (SSSR count). The lowest BCUT2D eigenvalue weighted by atomic mass is 10.2. The zero-order valence-corrected chi connectivity index (χ0v) is 22.5. The van der Waals surface area contributed by atoms with Gasteiger partial charge in [0.25, 0.3) is 0 Å². The lowest BCUT2D eigenvalue weighted by Crippen LogP contribution is -2.01. The molecule has 204 valence electrons. The molecule has 0 saturated carbocycles. The van der Waals surface area contributed by atoms with Crippen molar-refractivity contribution in [2.24, 2.45) is 0 Å². The Kier molecular flexibility index (Phi) is 5.82. The summed E-state index contributed by atoms with van der Waals surface area (Å²) in [5.74, 6) is 3.79. The molecule has 8 heterocycles. The number of nitrogens with zero attached hydrogens (tertiary/aromatic N) is 8. The van der Waals surface area contributed by atoms with Crippen molar-refractivity contribution in [3.05, 3.63) is 109 Å². The number of hydrogen-bond donors (Lipinski definition) is 3. The normalized spacial score (nSPS) is 11.3. The van der Waals surface area contributed by atoms with Crippen molar-refractivity contribution in [1.29, 1.82) is 0 Å². The van der Waals surface area contributed by atoms with Gasteiger partial charge in [0.1, 0.15) is 34.9 Å². The van der Waals surface area contributed by atoms with Crippen LogP contribution in [0.2, 0.25) is 0 Å². The second kappa shape index (κ2) is 10.2. The first-order valence-corrected chi connectivity index (χ1v) is 13.5. The van der Waals surface area contributed by atoms with E-state index in [4.69, 9.17) is 19.9 Å². The van der Waals surface area contributed by atoms with Gasteiger partial charge in [-0.05, 0) is 97.1 Å². The summed E-state index contributed by atoms with van der Waals surface area (Å²) < 4.78 is 0. The molecule has 11 nitrogen and oxygen atoms in total. The molecular weight excluding hydrogens is 538 g/mol. The van der Waals surface area contributed by atoms with Crippen LogP contribution in [0.3, 0.4) is 0 Å². The van der Waals surface area contributed by atoms with E-state index < -0.39 is 0 Å². The minimum atomic E-state index is 0.580. The Morgan fingerprint density at radius 2 is 0.581 bits per heavy atom. The highest BCUT2D eigenvalue weighted by Gasteiger charge is 2.08. The highest BCUT2D eigenvalue weighted by atomic mass is 15.1. The van der Waals surface area contributed by atoms with Crippen molar-refractivity contribution in [3.8, 4) is 0 Å². The van der Waals surface area contributed by atoms with Gasteiger partial charge in [0.15, 0.2) is 22.6 Å². The Labute approximate surface area is 244 Å². The Morgan fingerprint density at radius 1 is 0.302 bits per heavy atom. The van der Waals surface area contributed by atoms with Crippen molar-refractivity contribution in [3.63, 3.8) is 0 Å². The highest BCUT2D eigenvalue weighted by molar-refractivity contribution is 5.83. The first-order chi connectivity index (χ1) is 21.2. The van der Waals surface area contributed by atoms with Crippen LogP contribution < -0.4 is 16.0 Å². The van der Waals surface area contributed by atoms with E-state index >= 15 is 0 Å². The first-order valence-electron chi connectivity index (χ1n) is 13.5. The number of aromatic nitrogens is 8. The molecular formula is C32H21N11. The molecule has 0 aliphatic rings. The molecule has 0 radical (unpaired) electrons. The molecule has 11 heteroatoms. The van der Waals surface area contributed by atoms with Crippen LogP contribution in [0.1, 0.15) is 0 Å². The topological polar surface area (TPSA) is 139 Å². The summed E-state index contributed by atoms with van der Waals surface area (Å²) in [6.07, 6.45) is 3.45. The van der Waals surface area contributed by atoms with Gasteiger partial charge in [-0.3, -0.25) is 0 Å². The maximum Gasteiger partial charge on any atom is 0.163 e. The third-order valence-corrected chi connectivity index (χ3v) is 6.80. The molecule has 0 spiro atoms. The van der Waals surface area contributed by atoms with Gasteiger partial charge in [-0.2, -0.15) is 0 Å². The third kappa shape index (κ3) is 5.02. The monoisotopic (exact) mass is 559 g/mol. The van der Waals surface area contributed by atoms with Crippen LogP contribution in [0.15, 0.2) is 109 Å². The minimum absolute atomic E-state index is 0.580. The highest BCUT2D eigenvalue weighted by Crippen LogP contribution is 2.24. The molecule has 8 aromatic rings. The molecule has 0 saturated heterocycles. The molecule has 0 atom stereocenters. The van der Waals surface area contributed by atoms with Gasteiger partial charge in [0.05, 0.1) is 0 Å². The number of hydrogen-bond acceptors (Lipinski definition) is 11. The molecule has 0 unspecified atom stereocenters. The molecule has 43 heavy (non-hydrogen) atoms. The Hall–Kier alpha value is -6.36. The van der Waals surface area contributed by atoms with Gasteiger partial charge in [0, 0.05) is 33.9 Å². The molecule has 0 aliphatic carbocycles. The summed E-state index contributed by atoms with van der Waals surface area (Å²) in [6.45, 7) is 0. The van der Waals surface area contributed by atoms with Crippen LogP contribution in [0.5, 0.6) is 0 Å². The molecule has 8 aromatic heterocycles. The van der Waals surface area contributed by atoms with Gasteiger partial charge in [-0.15, -0.1) is 0 Å². The van der Waals surface area contributed by atoms with Crippen LogP contribution >= 0.6 is 0 Å². The van der Waals surface area contributed by atoms with E-state index in [9.17, 15) is 0 Å². The van der Waals surface area contributed by atoms with E-state index in [1.807, 2.05) is 97.1 Å². The van der Waals surface area contributed by atoms with Crippen LogP contribution in [0.25, 0.3) is 44.1 Å². The summed E-state index contributed by atoms with van der Waals surface area (Å²) in [5, 5.41) is 13.5. The quantitative estimate of drug-likeness (QED) is 0.201. The van der Waals surface area contributed by atoms with Gasteiger partial charge < -0.3 is 16.0 Å². The fourth-order valence-corrected chi connectivity index (χ4v) is 4.72. The summed E-state index contributed by atoms with van der Waals surface area (Å²) in [7, 11) is 0. The van der Waals surface area contributed by atoms with Crippen LogP contribution in [-0.4, -0.2) is 39.9 Å². The predicted octanol–water partition coefficient (Wildman–Crippen LogP) is 6.69. The van der Waals surface area contributed by atoms with Crippen molar-refractivity contribution >= 4 is 79.0 Å². The van der Waals surface area contributed by atoms with Gasteiger partial charge in [-0.25, -0.2) is 39.9 Å². The predicted molar refractivity (Wildman–Crippen MR) is 168 cm³/mol. The number of pyridine rings is 8. The second-order valence-electron chi connectivity index (χ2n) is 9.75. The van der Waals surface area contributed by atoms with Crippen molar-refractivity contribution in [2.45, 2.75) is 0 Å². The minimum Gasteiger partial charge on any atom is -0.325 e. The number of rotatable bonds is 6. The van der Waals surface area contributed by atoms with Crippen molar-refractivity contribution in [2.75, 3.05) is 16.0 Å². The SMILES string of the molecule is c1cnc2nc(Nc3ccc4ccc(Nc5ccc6ccc(Nc7ccc8cccnc8n7)nc6n5)nc4n3)ccc2c1. The third-order valence-electron chi connectivity index (χ3n) is 6.80. The zero-order chi connectivity index (χ0) is 28.6. The van der Waals surface area contributed by atoms with E-state index in [-0.39, 0.29) is 0 Å². The number of nitrogens with one attached hydrogen (secondary N) is 3. The second-order valence-corrected chi connectivity index (χ2v) is 9.75. The van der Waals surface area contributed by atoms with Crippen LogP contribution in [0.4, 0.5) is 34.9 Å². The number of fused-ring (bicyclic) bond motifs is 4. The zero-order valence-electron chi connectivity index (χ0n) is 22.5. The molecule has 3 N–H and O–H groups in total. The van der Waals surface area contributed by atoms with E-state index in [0.29, 0.717) is 57.5 Å². The Bertz CT molecular complexity index is 2140. The van der Waals surface area contributed by atoms with Crippen molar-refractivity contribution < 1.29 is 0 Å². The summed E-state index contributed by atoms with van der Waals surface area (Å²) in [6, 6.07) is 30.9. The first kappa shape index (κ1) is 24.4. The van der Waals surface area contributed by atoms with E-state index in [2.05, 4.69) is 35.9 Å². The van der Waals surface area contributed by atoms with Gasteiger partial charge >= 0.3 is 0 Å². The number of anilines is 6. The summed E-state index contributed by atoms with van der Waals surface area (Å²) >= 11 is 0. The lowest BCUT2D eigenvalue weighted by molar-refractivity contribution is 1.22. The van der Waals surface area contributed by atoms with Crippen LogP contribution in [-0.2, 0) is 0 Å². The summed E-state index contributed by atoms with van der Waals surface area (Å²) in [4.78, 5) is 36.6. The lowest BCUT2D eigenvalue weighted by Gasteiger charge is -2.09. The smallest absolute Gasteiger partial charge is 0.163 e.